The first kappa shape index (κ1) is 31.0. The minimum absolute atomic E-state index is 0.00441. The molecule has 7 rings (SSSR count). The van der Waals surface area contributed by atoms with E-state index < -0.39 is 36.0 Å². The first-order chi connectivity index (χ1) is 20.0. The lowest BCUT2D eigenvalue weighted by molar-refractivity contribution is -0.341. The highest BCUT2D eigenvalue weighted by atomic mass is 16.7. The van der Waals surface area contributed by atoms with Gasteiger partial charge in [0.05, 0.1) is 31.0 Å². The van der Waals surface area contributed by atoms with E-state index in [1.165, 1.54) is 5.57 Å². The second kappa shape index (κ2) is 9.72. The number of fused-ring (bicyclic) bond motifs is 4. The molecular formula is C35H56O8. The van der Waals surface area contributed by atoms with Gasteiger partial charge < -0.3 is 39.4 Å². The molecule has 3 saturated heterocycles. The first-order valence-electron chi connectivity index (χ1n) is 17.0. The summed E-state index contributed by atoms with van der Waals surface area (Å²) in [5.41, 5.74) is 0.410. The number of aliphatic hydroxyl groups excluding tert-OH is 3. The van der Waals surface area contributed by atoms with E-state index in [0.29, 0.717) is 24.2 Å². The van der Waals surface area contributed by atoms with Gasteiger partial charge in [-0.15, -0.1) is 0 Å². The van der Waals surface area contributed by atoms with Crippen LogP contribution in [0.15, 0.2) is 11.6 Å². The maximum Gasteiger partial charge on any atom is 0.186 e. The molecule has 8 nitrogen and oxygen atoms in total. The van der Waals surface area contributed by atoms with Crippen molar-refractivity contribution in [3.63, 3.8) is 0 Å². The summed E-state index contributed by atoms with van der Waals surface area (Å²) in [4.78, 5) is 0. The van der Waals surface area contributed by atoms with Crippen LogP contribution in [-0.4, -0.2) is 81.8 Å². The lowest BCUT2D eigenvalue weighted by Gasteiger charge is -2.70. The van der Waals surface area contributed by atoms with Gasteiger partial charge in [0.2, 0.25) is 0 Å². The van der Waals surface area contributed by atoms with Crippen molar-refractivity contribution >= 4 is 0 Å². The number of allylic oxidation sites excluding steroid dienone is 1. The predicted molar refractivity (Wildman–Crippen MR) is 160 cm³/mol. The first-order valence-corrected chi connectivity index (χ1v) is 17.0. The zero-order valence-electron chi connectivity index (χ0n) is 27.3. The summed E-state index contributed by atoms with van der Waals surface area (Å²) in [7, 11) is 0. The van der Waals surface area contributed by atoms with Crippen molar-refractivity contribution < 1.29 is 39.4 Å². The van der Waals surface area contributed by atoms with E-state index in [-0.39, 0.29) is 46.4 Å². The van der Waals surface area contributed by atoms with Crippen LogP contribution in [0.2, 0.25) is 0 Å². The van der Waals surface area contributed by atoms with E-state index >= 15 is 0 Å². The van der Waals surface area contributed by atoms with Crippen LogP contribution >= 0.6 is 0 Å². The van der Waals surface area contributed by atoms with Gasteiger partial charge in [-0.3, -0.25) is 0 Å². The molecule has 3 heterocycles. The Kier molecular flexibility index (Phi) is 7.02. The Morgan fingerprint density at radius 3 is 2.37 bits per heavy atom. The zero-order chi connectivity index (χ0) is 31.0. The topological polar surface area (TPSA) is 118 Å². The molecule has 4 aliphatic carbocycles. The third-order valence-electron chi connectivity index (χ3n) is 14.5. The largest absolute Gasteiger partial charge is 0.390 e. The number of hydrogen-bond acceptors (Lipinski definition) is 8. The second-order valence-corrected chi connectivity index (χ2v) is 17.4. The molecule has 4 N–H and O–H groups in total. The maximum atomic E-state index is 12.0. The number of rotatable bonds is 3. The minimum atomic E-state index is -1.27. The van der Waals surface area contributed by atoms with Gasteiger partial charge in [-0.1, -0.05) is 39.3 Å². The molecule has 4 saturated carbocycles. The van der Waals surface area contributed by atoms with Gasteiger partial charge in [0.25, 0.3) is 0 Å². The van der Waals surface area contributed by atoms with Crippen LogP contribution in [0.25, 0.3) is 0 Å². The zero-order valence-corrected chi connectivity index (χ0v) is 27.3. The van der Waals surface area contributed by atoms with Crippen molar-refractivity contribution in [2.24, 2.45) is 45.3 Å². The van der Waals surface area contributed by atoms with Gasteiger partial charge in [-0.05, 0) is 93.3 Å². The fourth-order valence-corrected chi connectivity index (χ4v) is 12.9. The molecule has 0 radical (unpaired) electrons. The highest BCUT2D eigenvalue weighted by molar-refractivity contribution is 5.26. The normalized spacial score (nSPS) is 58.6. The van der Waals surface area contributed by atoms with E-state index in [2.05, 4.69) is 47.6 Å². The lowest BCUT2D eigenvalue weighted by Crippen LogP contribution is -2.67. The van der Waals surface area contributed by atoms with Crippen LogP contribution in [0.5, 0.6) is 0 Å². The van der Waals surface area contributed by atoms with Crippen LogP contribution in [0.1, 0.15) is 99.8 Å². The van der Waals surface area contributed by atoms with Gasteiger partial charge in [0.1, 0.15) is 18.3 Å². The summed E-state index contributed by atoms with van der Waals surface area (Å²) in [5.74, 6) is 0.645. The molecule has 3 aliphatic heterocycles. The molecule has 7 aliphatic rings. The summed E-state index contributed by atoms with van der Waals surface area (Å²) < 4.78 is 25.8. The van der Waals surface area contributed by atoms with E-state index in [9.17, 15) is 20.4 Å². The second-order valence-electron chi connectivity index (χ2n) is 17.4. The molecule has 2 spiro atoms. The van der Waals surface area contributed by atoms with Crippen molar-refractivity contribution in [2.75, 3.05) is 13.2 Å². The molecule has 0 amide bonds. The minimum Gasteiger partial charge on any atom is -0.390 e. The van der Waals surface area contributed by atoms with Gasteiger partial charge in [-0.2, -0.15) is 0 Å². The molecule has 0 aromatic carbocycles. The predicted octanol–water partition coefficient (Wildman–Crippen LogP) is 4.32. The van der Waals surface area contributed by atoms with E-state index in [4.69, 9.17) is 18.9 Å². The molecule has 43 heavy (non-hydrogen) atoms. The number of ether oxygens (including phenoxy) is 4. The summed E-state index contributed by atoms with van der Waals surface area (Å²) in [6.07, 6.45) is 5.20. The Morgan fingerprint density at radius 1 is 0.907 bits per heavy atom. The summed E-state index contributed by atoms with van der Waals surface area (Å²) in [5, 5.41) is 42.8. The Bertz CT molecular complexity index is 1150. The summed E-state index contributed by atoms with van der Waals surface area (Å²) in [6.45, 7) is 16.6. The van der Waals surface area contributed by atoms with Gasteiger partial charge >= 0.3 is 0 Å². The van der Waals surface area contributed by atoms with E-state index in [1.807, 2.05) is 6.92 Å². The van der Waals surface area contributed by atoms with Gasteiger partial charge in [-0.25, -0.2) is 0 Å². The fraction of sp³-hybridized carbons (Fsp3) is 0.943. The van der Waals surface area contributed by atoms with Gasteiger partial charge in [0, 0.05) is 24.2 Å². The van der Waals surface area contributed by atoms with Crippen molar-refractivity contribution in [2.45, 2.75) is 148 Å². The number of hydrogen-bond donors (Lipinski definition) is 4. The molecule has 8 heteroatoms. The molecule has 244 valence electrons. The SMILES string of the molecule is CC(C)=C[C@H]1C[C@](C)(O)[C@@H]2[C@H]3CC[C@@H]4[C@@]5(C)CC[C@H](O[C@@H]6OC[C@H](O)[C@H](O)[C@H]6O)C(C)(C)C5CC[C@@]4(C)[C@@]34CO[C@@]2(C4)O1. The average Bonchev–Trinajstić information content (AvgIpc) is 3.42. The third-order valence-corrected chi connectivity index (χ3v) is 14.5. The van der Waals surface area contributed by atoms with Crippen LogP contribution in [0, 0.1) is 45.3 Å². The Morgan fingerprint density at radius 2 is 1.65 bits per heavy atom. The smallest absolute Gasteiger partial charge is 0.186 e. The molecule has 15 atom stereocenters. The van der Waals surface area contributed by atoms with Gasteiger partial charge in [0.15, 0.2) is 12.1 Å². The maximum absolute atomic E-state index is 12.0. The summed E-state index contributed by atoms with van der Waals surface area (Å²) in [6, 6.07) is 0. The highest BCUT2D eigenvalue weighted by Crippen LogP contribution is 2.80. The molecule has 1 unspecified atom stereocenters. The van der Waals surface area contributed by atoms with Crippen LogP contribution in [0.4, 0.5) is 0 Å². The van der Waals surface area contributed by atoms with Crippen LogP contribution in [-0.2, 0) is 18.9 Å². The Hall–Kier alpha value is -0.580. The Labute approximate surface area is 257 Å². The number of aliphatic hydroxyl groups is 4. The van der Waals surface area contributed by atoms with Crippen LogP contribution in [0.3, 0.4) is 0 Å². The molecule has 0 aromatic heterocycles. The molecule has 2 bridgehead atoms. The standard InChI is InChI=1S/C35H56O8/c1-19(2)14-20-15-33(7,39)28-21-8-9-24-31(5)12-11-25(42-29-27(38)26(37)22(36)16-40-29)30(3,4)23(31)10-13-32(24,6)34(21)17-35(28,43-20)41-18-34/h14,20-29,36-39H,8-13,15-18H2,1-7H3/t20-,21+,22-,23?,24+,25-,26-,27+,28-,29-,31-,32+,33-,34-,35-/m0/s1. The summed E-state index contributed by atoms with van der Waals surface area (Å²) >= 11 is 0. The highest BCUT2D eigenvalue weighted by Gasteiger charge is 2.80. The molecule has 0 aromatic rings. The van der Waals surface area contributed by atoms with Crippen molar-refractivity contribution in [3.8, 4) is 0 Å². The van der Waals surface area contributed by atoms with Crippen molar-refractivity contribution in [1.82, 2.24) is 0 Å². The van der Waals surface area contributed by atoms with Crippen LogP contribution < -0.4 is 0 Å². The van der Waals surface area contributed by atoms with E-state index in [0.717, 1.165) is 51.6 Å². The van der Waals surface area contributed by atoms with Crippen molar-refractivity contribution in [1.29, 1.82) is 0 Å². The Balaban J connectivity index is 1.17. The molecular weight excluding hydrogens is 548 g/mol. The third kappa shape index (κ3) is 4.09. The van der Waals surface area contributed by atoms with E-state index in [1.54, 1.807) is 0 Å². The fourth-order valence-electron chi connectivity index (χ4n) is 12.9. The quantitative estimate of drug-likeness (QED) is 0.278. The van der Waals surface area contributed by atoms with Crippen molar-refractivity contribution in [3.05, 3.63) is 11.6 Å². The monoisotopic (exact) mass is 604 g/mol. The average molecular weight is 605 g/mol. The molecule has 7 fully saturated rings. The lowest BCUT2D eigenvalue weighted by atomic mass is 9.35.